The van der Waals surface area contributed by atoms with Crippen LogP contribution in [0.5, 0.6) is 5.75 Å². The Kier molecular flexibility index (Phi) is 5.03. The van der Waals surface area contributed by atoms with E-state index in [1.807, 2.05) is 19.2 Å². The normalized spacial score (nSPS) is 13.2. The van der Waals surface area contributed by atoms with Crippen LogP contribution in [0.1, 0.15) is 20.8 Å². The highest BCUT2D eigenvalue weighted by molar-refractivity contribution is 5.48. The number of hydrogen-bond donors (Lipinski definition) is 1. The van der Waals surface area contributed by atoms with Crippen LogP contribution in [0.2, 0.25) is 0 Å². The minimum absolute atomic E-state index is 0.246. The van der Waals surface area contributed by atoms with Gasteiger partial charge in [-0.15, -0.1) is 0 Å². The molecule has 0 aliphatic carbocycles. The molecule has 1 aromatic carbocycles. The summed E-state index contributed by atoms with van der Waals surface area (Å²) in [6.07, 6.45) is 0. The molecule has 0 fully saturated rings. The quantitative estimate of drug-likeness (QED) is 0.869. The SMILES string of the molecule is CNC(CN(C)c1ccc(OC)cc1)C(C)(C)C. The highest BCUT2D eigenvalue weighted by atomic mass is 16.5. The zero-order valence-electron chi connectivity index (χ0n) is 12.4. The molecular weight excluding hydrogens is 224 g/mol. The van der Waals surface area contributed by atoms with Gasteiger partial charge < -0.3 is 15.0 Å². The van der Waals surface area contributed by atoms with Crippen molar-refractivity contribution < 1.29 is 4.74 Å². The van der Waals surface area contributed by atoms with Gasteiger partial charge in [-0.2, -0.15) is 0 Å². The largest absolute Gasteiger partial charge is 0.497 e. The number of likely N-dealkylation sites (N-methyl/N-ethyl adjacent to an activating group) is 2. The summed E-state index contributed by atoms with van der Waals surface area (Å²) in [4.78, 5) is 2.27. The van der Waals surface area contributed by atoms with Crippen molar-refractivity contribution in [1.29, 1.82) is 0 Å². The van der Waals surface area contributed by atoms with Crippen molar-refractivity contribution in [2.75, 3.05) is 32.6 Å². The highest BCUT2D eigenvalue weighted by Crippen LogP contribution is 2.23. The van der Waals surface area contributed by atoms with Gasteiger partial charge in [-0.25, -0.2) is 0 Å². The van der Waals surface area contributed by atoms with Crippen LogP contribution in [0.3, 0.4) is 0 Å². The topological polar surface area (TPSA) is 24.5 Å². The van der Waals surface area contributed by atoms with Crippen LogP contribution in [0.4, 0.5) is 5.69 Å². The van der Waals surface area contributed by atoms with Gasteiger partial charge in [0.2, 0.25) is 0 Å². The first-order valence-electron chi connectivity index (χ1n) is 6.41. The van der Waals surface area contributed by atoms with Gasteiger partial charge in [0, 0.05) is 25.3 Å². The number of benzene rings is 1. The fourth-order valence-electron chi connectivity index (χ4n) is 2.01. The number of anilines is 1. The van der Waals surface area contributed by atoms with Crippen LogP contribution >= 0.6 is 0 Å². The van der Waals surface area contributed by atoms with E-state index in [1.54, 1.807) is 7.11 Å². The van der Waals surface area contributed by atoms with Crippen molar-refractivity contribution >= 4 is 5.69 Å². The molecule has 1 rings (SSSR count). The number of methoxy groups -OCH3 is 1. The Balaban J connectivity index is 2.71. The molecule has 0 bridgehead atoms. The Morgan fingerprint density at radius 1 is 1.22 bits per heavy atom. The Morgan fingerprint density at radius 2 is 1.78 bits per heavy atom. The molecule has 102 valence electrons. The number of rotatable bonds is 5. The van der Waals surface area contributed by atoms with Crippen molar-refractivity contribution in [2.45, 2.75) is 26.8 Å². The molecule has 0 aliphatic heterocycles. The molecule has 0 heterocycles. The lowest BCUT2D eigenvalue weighted by molar-refractivity contribution is 0.285. The zero-order chi connectivity index (χ0) is 13.8. The van der Waals surface area contributed by atoms with Gasteiger partial charge in [-0.3, -0.25) is 0 Å². The van der Waals surface area contributed by atoms with Gasteiger partial charge in [0.05, 0.1) is 7.11 Å². The van der Waals surface area contributed by atoms with E-state index in [2.05, 4.69) is 50.2 Å². The Bertz CT molecular complexity index is 354. The smallest absolute Gasteiger partial charge is 0.119 e. The molecule has 1 unspecified atom stereocenters. The third-order valence-corrected chi connectivity index (χ3v) is 3.36. The summed E-state index contributed by atoms with van der Waals surface area (Å²) in [5.41, 5.74) is 1.45. The lowest BCUT2D eigenvalue weighted by atomic mass is 9.86. The summed E-state index contributed by atoms with van der Waals surface area (Å²) in [6, 6.07) is 8.63. The molecule has 1 N–H and O–H groups in total. The summed E-state index contributed by atoms with van der Waals surface area (Å²) in [5, 5.41) is 3.40. The molecule has 18 heavy (non-hydrogen) atoms. The fraction of sp³-hybridized carbons (Fsp3) is 0.600. The molecule has 0 saturated heterocycles. The summed E-state index contributed by atoms with van der Waals surface area (Å²) in [5.74, 6) is 0.896. The first kappa shape index (κ1) is 14.8. The first-order chi connectivity index (χ1) is 8.38. The third kappa shape index (κ3) is 3.91. The van der Waals surface area contributed by atoms with Gasteiger partial charge in [-0.1, -0.05) is 20.8 Å². The maximum absolute atomic E-state index is 5.17. The van der Waals surface area contributed by atoms with E-state index >= 15 is 0 Å². The molecule has 0 radical (unpaired) electrons. The van der Waals surface area contributed by atoms with Crippen molar-refractivity contribution in [2.24, 2.45) is 5.41 Å². The number of hydrogen-bond acceptors (Lipinski definition) is 3. The number of ether oxygens (including phenoxy) is 1. The van der Waals surface area contributed by atoms with Gasteiger partial charge in [-0.05, 0) is 36.7 Å². The van der Waals surface area contributed by atoms with Gasteiger partial charge in [0.1, 0.15) is 5.75 Å². The summed E-state index contributed by atoms with van der Waals surface area (Å²) in [6.45, 7) is 7.76. The molecule has 3 heteroatoms. The van der Waals surface area contributed by atoms with E-state index in [4.69, 9.17) is 4.74 Å². The van der Waals surface area contributed by atoms with E-state index < -0.39 is 0 Å². The molecule has 0 amide bonds. The van der Waals surface area contributed by atoms with E-state index in [0.717, 1.165) is 12.3 Å². The Morgan fingerprint density at radius 3 is 2.17 bits per heavy atom. The predicted octanol–water partition coefficient (Wildman–Crippen LogP) is 2.77. The minimum Gasteiger partial charge on any atom is -0.497 e. The second-order valence-corrected chi connectivity index (χ2v) is 5.79. The third-order valence-electron chi connectivity index (χ3n) is 3.36. The second-order valence-electron chi connectivity index (χ2n) is 5.79. The monoisotopic (exact) mass is 250 g/mol. The minimum atomic E-state index is 0.246. The summed E-state index contributed by atoms with van der Waals surface area (Å²) in [7, 11) is 5.84. The summed E-state index contributed by atoms with van der Waals surface area (Å²) >= 11 is 0. The van der Waals surface area contributed by atoms with Gasteiger partial charge >= 0.3 is 0 Å². The maximum atomic E-state index is 5.17. The maximum Gasteiger partial charge on any atom is 0.119 e. The van der Waals surface area contributed by atoms with Crippen molar-refractivity contribution in [3.63, 3.8) is 0 Å². The first-order valence-corrected chi connectivity index (χ1v) is 6.41. The van der Waals surface area contributed by atoms with Crippen LogP contribution < -0.4 is 15.0 Å². The van der Waals surface area contributed by atoms with Crippen molar-refractivity contribution in [3.8, 4) is 5.75 Å². The van der Waals surface area contributed by atoms with Crippen LogP contribution in [-0.4, -0.2) is 33.8 Å². The van der Waals surface area contributed by atoms with Crippen molar-refractivity contribution in [3.05, 3.63) is 24.3 Å². The molecule has 0 saturated carbocycles. The lowest BCUT2D eigenvalue weighted by Crippen LogP contribution is -2.46. The van der Waals surface area contributed by atoms with Crippen LogP contribution in [0.25, 0.3) is 0 Å². The number of nitrogens with zero attached hydrogens (tertiary/aromatic N) is 1. The molecule has 0 spiro atoms. The molecular formula is C15H26N2O. The Hall–Kier alpha value is -1.22. The molecule has 3 nitrogen and oxygen atoms in total. The summed E-state index contributed by atoms with van der Waals surface area (Å²) < 4.78 is 5.17. The van der Waals surface area contributed by atoms with E-state index in [-0.39, 0.29) is 5.41 Å². The van der Waals surface area contributed by atoms with E-state index in [1.165, 1.54) is 5.69 Å². The Labute approximate surface area is 111 Å². The lowest BCUT2D eigenvalue weighted by Gasteiger charge is -2.34. The molecule has 1 aromatic rings. The van der Waals surface area contributed by atoms with E-state index in [0.29, 0.717) is 6.04 Å². The predicted molar refractivity (Wildman–Crippen MR) is 78.6 cm³/mol. The highest BCUT2D eigenvalue weighted by Gasteiger charge is 2.24. The van der Waals surface area contributed by atoms with Gasteiger partial charge in [0.25, 0.3) is 0 Å². The van der Waals surface area contributed by atoms with E-state index in [9.17, 15) is 0 Å². The van der Waals surface area contributed by atoms with Crippen LogP contribution in [0.15, 0.2) is 24.3 Å². The van der Waals surface area contributed by atoms with Crippen LogP contribution in [-0.2, 0) is 0 Å². The van der Waals surface area contributed by atoms with Crippen molar-refractivity contribution in [1.82, 2.24) is 5.32 Å². The average molecular weight is 250 g/mol. The number of nitrogens with one attached hydrogen (secondary N) is 1. The molecule has 0 aromatic heterocycles. The second kappa shape index (κ2) is 6.10. The standard InChI is InChI=1S/C15H26N2O/c1-15(2,3)14(16-4)11-17(5)12-7-9-13(18-6)10-8-12/h7-10,14,16H,11H2,1-6H3. The molecule has 1 atom stereocenters. The molecule has 0 aliphatic rings. The fourth-order valence-corrected chi connectivity index (χ4v) is 2.01. The van der Waals surface area contributed by atoms with Gasteiger partial charge in [0.15, 0.2) is 0 Å². The van der Waals surface area contributed by atoms with Crippen LogP contribution in [0, 0.1) is 5.41 Å². The zero-order valence-corrected chi connectivity index (χ0v) is 12.4. The average Bonchev–Trinajstić information content (AvgIpc) is 2.34.